The van der Waals surface area contributed by atoms with Crippen molar-refractivity contribution in [3.63, 3.8) is 0 Å². The molecule has 0 amide bonds. The molecule has 1 aromatic carbocycles. The number of nitro benzene ring substituents is 1. The molecule has 0 saturated carbocycles. The smallest absolute Gasteiger partial charge is 0.362 e. The Morgan fingerprint density at radius 1 is 1.48 bits per heavy atom. The second kappa shape index (κ2) is 5.57. The molecule has 0 radical (unpaired) electrons. The Hall–Kier alpha value is -2.97. The fourth-order valence-electron chi connectivity index (χ4n) is 1.75. The lowest BCUT2D eigenvalue weighted by Gasteiger charge is -2.05. The number of fused-ring (bicyclic) bond motifs is 1. The van der Waals surface area contributed by atoms with Gasteiger partial charge in [0.05, 0.1) is 30.2 Å². The Morgan fingerprint density at radius 3 is 2.76 bits per heavy atom. The SMILES string of the molecule is CCOC(=O)c1nc2cc(OC)cc([N+](=O)[O-])c2[nH]c1=O. The summed E-state index contributed by atoms with van der Waals surface area (Å²) in [4.78, 5) is 39.9. The highest BCUT2D eigenvalue weighted by atomic mass is 16.6. The third kappa shape index (κ3) is 2.66. The summed E-state index contributed by atoms with van der Waals surface area (Å²) in [6.45, 7) is 1.66. The van der Waals surface area contributed by atoms with Gasteiger partial charge in [-0.3, -0.25) is 14.9 Å². The predicted octanol–water partition coefficient (Wildman–Crippen LogP) is 1.02. The van der Waals surface area contributed by atoms with E-state index < -0.39 is 22.1 Å². The van der Waals surface area contributed by atoms with Gasteiger partial charge in [-0.15, -0.1) is 0 Å². The number of non-ortho nitro benzene ring substituents is 1. The van der Waals surface area contributed by atoms with Crippen molar-refractivity contribution < 1.29 is 19.2 Å². The molecule has 110 valence electrons. The van der Waals surface area contributed by atoms with Gasteiger partial charge in [-0.25, -0.2) is 9.78 Å². The normalized spacial score (nSPS) is 10.4. The number of ether oxygens (including phenoxy) is 2. The highest BCUT2D eigenvalue weighted by molar-refractivity contribution is 5.92. The molecule has 0 unspecified atom stereocenters. The molecule has 0 saturated heterocycles. The second-order valence-corrected chi connectivity index (χ2v) is 3.93. The van der Waals surface area contributed by atoms with Crippen LogP contribution in [-0.4, -0.2) is 34.6 Å². The van der Waals surface area contributed by atoms with Crippen LogP contribution in [0.3, 0.4) is 0 Å². The van der Waals surface area contributed by atoms with Gasteiger partial charge >= 0.3 is 5.97 Å². The molecule has 2 aromatic rings. The minimum absolute atomic E-state index is 0.0590. The lowest BCUT2D eigenvalue weighted by molar-refractivity contribution is -0.383. The van der Waals surface area contributed by atoms with Gasteiger partial charge in [-0.2, -0.15) is 0 Å². The summed E-state index contributed by atoms with van der Waals surface area (Å²) in [5.41, 5.74) is -1.71. The van der Waals surface area contributed by atoms with Crippen LogP contribution in [0, 0.1) is 10.1 Å². The fourth-order valence-corrected chi connectivity index (χ4v) is 1.75. The van der Waals surface area contributed by atoms with Gasteiger partial charge in [0.25, 0.3) is 11.2 Å². The number of methoxy groups -OCH3 is 1. The number of hydrogen-bond donors (Lipinski definition) is 1. The number of aromatic amines is 1. The molecule has 9 heteroatoms. The summed E-state index contributed by atoms with van der Waals surface area (Å²) in [6.07, 6.45) is 0. The zero-order chi connectivity index (χ0) is 15.6. The monoisotopic (exact) mass is 293 g/mol. The number of H-pyrrole nitrogens is 1. The second-order valence-electron chi connectivity index (χ2n) is 3.93. The maximum Gasteiger partial charge on any atom is 0.362 e. The number of carbonyl (C=O) groups excluding carboxylic acids is 1. The van der Waals surface area contributed by atoms with E-state index in [1.54, 1.807) is 6.92 Å². The minimum atomic E-state index is -0.897. The van der Waals surface area contributed by atoms with Gasteiger partial charge < -0.3 is 14.5 Å². The van der Waals surface area contributed by atoms with E-state index in [0.29, 0.717) is 0 Å². The molecular weight excluding hydrogens is 282 g/mol. The maximum atomic E-state index is 11.8. The Kier molecular flexibility index (Phi) is 3.83. The van der Waals surface area contributed by atoms with Crippen LogP contribution in [0.2, 0.25) is 0 Å². The number of benzene rings is 1. The van der Waals surface area contributed by atoms with Crippen LogP contribution in [-0.2, 0) is 4.74 Å². The number of nitrogens with zero attached hydrogens (tertiary/aromatic N) is 2. The number of nitrogens with one attached hydrogen (secondary N) is 1. The first kappa shape index (κ1) is 14.4. The number of esters is 1. The fraction of sp³-hybridized carbons (Fsp3) is 0.250. The van der Waals surface area contributed by atoms with Crippen LogP contribution in [0.4, 0.5) is 5.69 Å². The number of hydrogen-bond acceptors (Lipinski definition) is 7. The average molecular weight is 293 g/mol. The first-order chi connectivity index (χ1) is 9.97. The van der Waals surface area contributed by atoms with E-state index in [-0.39, 0.29) is 29.1 Å². The molecule has 0 aliphatic rings. The Morgan fingerprint density at radius 2 is 2.19 bits per heavy atom. The third-order valence-electron chi connectivity index (χ3n) is 2.66. The van der Waals surface area contributed by atoms with Crippen molar-refractivity contribution in [1.82, 2.24) is 9.97 Å². The summed E-state index contributed by atoms with van der Waals surface area (Å²) in [6, 6.07) is 2.53. The zero-order valence-electron chi connectivity index (χ0n) is 11.2. The van der Waals surface area contributed by atoms with E-state index >= 15 is 0 Å². The van der Waals surface area contributed by atoms with Crippen LogP contribution in [0.5, 0.6) is 5.75 Å². The number of rotatable bonds is 4. The van der Waals surface area contributed by atoms with Crippen molar-refractivity contribution in [2.75, 3.05) is 13.7 Å². The largest absolute Gasteiger partial charge is 0.496 e. The van der Waals surface area contributed by atoms with Crippen LogP contribution in [0.25, 0.3) is 11.0 Å². The van der Waals surface area contributed by atoms with Crippen molar-refractivity contribution in [3.05, 3.63) is 38.3 Å². The van der Waals surface area contributed by atoms with Gasteiger partial charge in [-0.05, 0) is 6.92 Å². The molecule has 0 spiro atoms. The molecule has 0 bridgehead atoms. The molecule has 0 fully saturated rings. The van der Waals surface area contributed by atoms with E-state index in [0.717, 1.165) is 6.07 Å². The highest BCUT2D eigenvalue weighted by Gasteiger charge is 2.21. The quantitative estimate of drug-likeness (QED) is 0.506. The molecule has 1 N–H and O–H groups in total. The van der Waals surface area contributed by atoms with Crippen LogP contribution in [0.1, 0.15) is 17.4 Å². The predicted molar refractivity (Wildman–Crippen MR) is 71.5 cm³/mol. The molecule has 21 heavy (non-hydrogen) atoms. The first-order valence-electron chi connectivity index (χ1n) is 5.91. The Balaban J connectivity index is 2.75. The van der Waals surface area contributed by atoms with E-state index in [1.165, 1.54) is 13.2 Å². The lowest BCUT2D eigenvalue weighted by Crippen LogP contribution is -2.22. The molecular formula is C12H11N3O6. The third-order valence-corrected chi connectivity index (χ3v) is 2.66. The van der Waals surface area contributed by atoms with Gasteiger partial charge in [0, 0.05) is 6.07 Å². The van der Waals surface area contributed by atoms with Crippen molar-refractivity contribution >= 4 is 22.7 Å². The van der Waals surface area contributed by atoms with E-state index in [4.69, 9.17) is 9.47 Å². The molecule has 0 aliphatic carbocycles. The lowest BCUT2D eigenvalue weighted by atomic mass is 10.2. The Labute approximate surface area is 117 Å². The Bertz CT molecular complexity index is 782. The number of aromatic nitrogens is 2. The minimum Gasteiger partial charge on any atom is -0.496 e. The summed E-state index contributed by atoms with van der Waals surface area (Å²) >= 11 is 0. The topological polar surface area (TPSA) is 124 Å². The maximum absolute atomic E-state index is 11.8. The number of carbonyl (C=O) groups is 1. The van der Waals surface area contributed by atoms with Crippen molar-refractivity contribution in [3.8, 4) is 5.75 Å². The molecule has 1 heterocycles. The molecule has 0 aliphatic heterocycles. The zero-order valence-corrected chi connectivity index (χ0v) is 11.2. The summed E-state index contributed by atoms with van der Waals surface area (Å²) < 4.78 is 9.64. The standard InChI is InChI=1S/C12H11N3O6/c1-3-21-12(17)10-11(16)14-9-7(13-10)4-6(20-2)5-8(9)15(18)19/h4-5H,3H2,1-2H3,(H,14,16). The van der Waals surface area contributed by atoms with Gasteiger partial charge in [0.1, 0.15) is 11.3 Å². The molecule has 2 rings (SSSR count). The molecule has 0 atom stereocenters. The van der Waals surface area contributed by atoms with Gasteiger partial charge in [0.2, 0.25) is 5.69 Å². The summed E-state index contributed by atoms with van der Waals surface area (Å²) in [5, 5.41) is 11.0. The van der Waals surface area contributed by atoms with Crippen LogP contribution in [0.15, 0.2) is 16.9 Å². The van der Waals surface area contributed by atoms with Crippen molar-refractivity contribution in [2.45, 2.75) is 6.92 Å². The van der Waals surface area contributed by atoms with E-state index in [1.807, 2.05) is 0 Å². The van der Waals surface area contributed by atoms with Gasteiger partial charge in [0.15, 0.2) is 0 Å². The van der Waals surface area contributed by atoms with Crippen LogP contribution < -0.4 is 10.3 Å². The van der Waals surface area contributed by atoms with Crippen molar-refractivity contribution in [2.24, 2.45) is 0 Å². The van der Waals surface area contributed by atoms with E-state index in [9.17, 15) is 19.7 Å². The molecule has 1 aromatic heterocycles. The van der Waals surface area contributed by atoms with Gasteiger partial charge in [-0.1, -0.05) is 0 Å². The van der Waals surface area contributed by atoms with Crippen LogP contribution >= 0.6 is 0 Å². The first-order valence-corrected chi connectivity index (χ1v) is 5.91. The number of nitro groups is 1. The highest BCUT2D eigenvalue weighted by Crippen LogP contribution is 2.27. The molecule has 9 nitrogen and oxygen atoms in total. The van der Waals surface area contributed by atoms with E-state index in [2.05, 4.69) is 9.97 Å². The average Bonchev–Trinajstić information content (AvgIpc) is 2.45. The summed E-state index contributed by atoms with van der Waals surface area (Å²) in [7, 11) is 1.34. The summed E-state index contributed by atoms with van der Waals surface area (Å²) in [5.74, 6) is -0.713. The van der Waals surface area contributed by atoms with Crippen molar-refractivity contribution in [1.29, 1.82) is 0 Å².